The van der Waals surface area contributed by atoms with Crippen molar-refractivity contribution in [1.29, 1.82) is 0 Å². The quantitative estimate of drug-likeness (QED) is 0.721. The van der Waals surface area contributed by atoms with Crippen LogP contribution in [0.1, 0.15) is 40.0 Å². The molecule has 1 aliphatic rings. The summed E-state index contributed by atoms with van der Waals surface area (Å²) in [6.45, 7) is 10.7. The van der Waals surface area contributed by atoms with Crippen LogP contribution in [0.15, 0.2) is 0 Å². The average molecular weight is 258 g/mol. The second-order valence-corrected chi connectivity index (χ2v) is 5.54. The number of rotatable bonds is 7. The van der Waals surface area contributed by atoms with Crippen LogP contribution in [0.4, 0.5) is 0 Å². The molecular weight excluding hydrogens is 228 g/mol. The van der Waals surface area contributed by atoms with Crippen LogP contribution in [-0.4, -0.2) is 61.0 Å². The predicted molar refractivity (Wildman–Crippen MR) is 74.9 cm³/mol. The van der Waals surface area contributed by atoms with Gasteiger partial charge >= 0.3 is 0 Å². The fraction of sp³-hybridized carbons (Fsp3) is 1.00. The van der Waals surface area contributed by atoms with Gasteiger partial charge in [0.25, 0.3) is 0 Å². The van der Waals surface area contributed by atoms with Crippen molar-refractivity contribution in [1.82, 2.24) is 10.2 Å². The van der Waals surface area contributed by atoms with E-state index in [0.29, 0.717) is 12.1 Å². The molecule has 0 aromatic rings. The van der Waals surface area contributed by atoms with Gasteiger partial charge in [0.05, 0.1) is 12.7 Å². The third kappa shape index (κ3) is 6.14. The topological polar surface area (TPSA) is 44.7 Å². The van der Waals surface area contributed by atoms with E-state index in [4.69, 9.17) is 4.74 Å². The Kier molecular flexibility index (Phi) is 7.82. The molecular formula is C14H30N2O2. The Labute approximate surface area is 112 Å². The van der Waals surface area contributed by atoms with Gasteiger partial charge in [0.15, 0.2) is 0 Å². The van der Waals surface area contributed by atoms with Gasteiger partial charge in [0.2, 0.25) is 0 Å². The summed E-state index contributed by atoms with van der Waals surface area (Å²) >= 11 is 0. The molecule has 1 saturated heterocycles. The van der Waals surface area contributed by atoms with Crippen LogP contribution in [0.2, 0.25) is 0 Å². The summed E-state index contributed by atoms with van der Waals surface area (Å²) in [5.41, 5.74) is 0. The summed E-state index contributed by atoms with van der Waals surface area (Å²) in [4.78, 5) is 2.48. The summed E-state index contributed by atoms with van der Waals surface area (Å²) in [5.74, 6) is 0. The van der Waals surface area contributed by atoms with Crippen molar-refractivity contribution >= 4 is 0 Å². The molecule has 1 aliphatic heterocycles. The fourth-order valence-electron chi connectivity index (χ4n) is 2.46. The van der Waals surface area contributed by atoms with Gasteiger partial charge in [0, 0.05) is 31.8 Å². The number of aliphatic hydroxyl groups is 1. The van der Waals surface area contributed by atoms with Gasteiger partial charge in [-0.2, -0.15) is 0 Å². The van der Waals surface area contributed by atoms with Gasteiger partial charge in [-0.05, 0) is 25.8 Å². The first-order chi connectivity index (χ1) is 8.65. The molecule has 2 atom stereocenters. The average Bonchev–Trinajstić information content (AvgIpc) is 2.59. The molecule has 18 heavy (non-hydrogen) atoms. The number of nitrogens with one attached hydrogen (secondary N) is 1. The Morgan fingerprint density at radius 1 is 1.44 bits per heavy atom. The van der Waals surface area contributed by atoms with Gasteiger partial charge < -0.3 is 20.1 Å². The van der Waals surface area contributed by atoms with Crippen molar-refractivity contribution < 1.29 is 9.84 Å². The first kappa shape index (κ1) is 15.9. The Bertz CT molecular complexity index is 212. The van der Waals surface area contributed by atoms with E-state index < -0.39 is 0 Å². The zero-order valence-electron chi connectivity index (χ0n) is 12.2. The van der Waals surface area contributed by atoms with Crippen molar-refractivity contribution in [2.24, 2.45) is 0 Å². The molecule has 2 N–H and O–H groups in total. The molecule has 2 unspecified atom stereocenters. The molecule has 0 amide bonds. The molecule has 0 spiro atoms. The predicted octanol–water partition coefficient (Wildman–Crippen LogP) is 1.24. The number of nitrogens with zero attached hydrogens (tertiary/aromatic N) is 1. The number of ether oxygens (including phenoxy) is 1. The molecule has 4 heteroatoms. The third-order valence-corrected chi connectivity index (χ3v) is 3.47. The molecule has 4 nitrogen and oxygen atoms in total. The van der Waals surface area contributed by atoms with Crippen molar-refractivity contribution in [2.75, 3.05) is 32.8 Å². The van der Waals surface area contributed by atoms with Crippen LogP contribution < -0.4 is 5.32 Å². The normalized spacial score (nSPS) is 24.2. The summed E-state index contributed by atoms with van der Waals surface area (Å²) in [6, 6.07) is 0.646. The van der Waals surface area contributed by atoms with Crippen molar-refractivity contribution in [3.8, 4) is 0 Å². The minimum absolute atomic E-state index is 0.217. The number of hydrogen-bond donors (Lipinski definition) is 2. The SMILES string of the molecule is CCC1CN(CCC(CO)NC(C)C)CCCO1. The Morgan fingerprint density at radius 3 is 2.83 bits per heavy atom. The molecule has 1 heterocycles. The lowest BCUT2D eigenvalue weighted by atomic mass is 10.1. The van der Waals surface area contributed by atoms with E-state index >= 15 is 0 Å². The van der Waals surface area contributed by atoms with E-state index in [9.17, 15) is 5.11 Å². The van der Waals surface area contributed by atoms with Gasteiger partial charge in [-0.3, -0.25) is 0 Å². The molecule has 108 valence electrons. The molecule has 1 fully saturated rings. The van der Waals surface area contributed by atoms with E-state index in [1.807, 2.05) is 0 Å². The van der Waals surface area contributed by atoms with Crippen LogP contribution in [0.5, 0.6) is 0 Å². The van der Waals surface area contributed by atoms with Crippen LogP contribution in [0, 0.1) is 0 Å². The number of aliphatic hydroxyl groups excluding tert-OH is 1. The summed E-state index contributed by atoms with van der Waals surface area (Å²) in [7, 11) is 0. The van der Waals surface area contributed by atoms with Crippen LogP contribution in [-0.2, 0) is 4.74 Å². The smallest absolute Gasteiger partial charge is 0.0699 e. The molecule has 1 rings (SSSR count). The highest BCUT2D eigenvalue weighted by atomic mass is 16.5. The number of hydrogen-bond acceptors (Lipinski definition) is 4. The Hall–Kier alpha value is -0.160. The maximum atomic E-state index is 9.35. The van der Waals surface area contributed by atoms with Gasteiger partial charge in [-0.1, -0.05) is 20.8 Å². The standard InChI is InChI=1S/C14H30N2O2/c1-4-14-10-16(7-5-9-18-14)8-6-13(11-17)15-12(2)3/h12-15,17H,4-11H2,1-3H3. The maximum Gasteiger partial charge on any atom is 0.0699 e. The summed E-state index contributed by atoms with van der Waals surface area (Å²) in [5, 5.41) is 12.8. The molecule has 0 aromatic heterocycles. The molecule has 0 aliphatic carbocycles. The lowest BCUT2D eigenvalue weighted by Gasteiger charge is -2.26. The highest BCUT2D eigenvalue weighted by Gasteiger charge is 2.18. The molecule has 0 aromatic carbocycles. The van der Waals surface area contributed by atoms with Crippen molar-refractivity contribution in [3.05, 3.63) is 0 Å². The van der Waals surface area contributed by atoms with E-state index in [-0.39, 0.29) is 12.6 Å². The van der Waals surface area contributed by atoms with Crippen molar-refractivity contribution in [2.45, 2.75) is 58.2 Å². The monoisotopic (exact) mass is 258 g/mol. The largest absolute Gasteiger partial charge is 0.395 e. The van der Waals surface area contributed by atoms with E-state index in [0.717, 1.165) is 45.5 Å². The van der Waals surface area contributed by atoms with Gasteiger partial charge in [-0.25, -0.2) is 0 Å². The van der Waals surface area contributed by atoms with Crippen LogP contribution >= 0.6 is 0 Å². The van der Waals surface area contributed by atoms with Gasteiger partial charge in [0.1, 0.15) is 0 Å². The molecule has 0 bridgehead atoms. The van der Waals surface area contributed by atoms with E-state index in [1.165, 1.54) is 0 Å². The molecule has 0 radical (unpaired) electrons. The zero-order valence-corrected chi connectivity index (χ0v) is 12.2. The second kappa shape index (κ2) is 8.86. The first-order valence-corrected chi connectivity index (χ1v) is 7.36. The summed E-state index contributed by atoms with van der Waals surface area (Å²) in [6.07, 6.45) is 3.60. The third-order valence-electron chi connectivity index (χ3n) is 3.47. The second-order valence-electron chi connectivity index (χ2n) is 5.54. The Balaban J connectivity index is 2.31. The molecule has 0 saturated carbocycles. The van der Waals surface area contributed by atoms with Crippen molar-refractivity contribution in [3.63, 3.8) is 0 Å². The fourth-order valence-corrected chi connectivity index (χ4v) is 2.46. The van der Waals surface area contributed by atoms with Gasteiger partial charge in [-0.15, -0.1) is 0 Å². The van der Waals surface area contributed by atoms with E-state index in [1.54, 1.807) is 0 Å². The highest BCUT2D eigenvalue weighted by molar-refractivity contribution is 4.74. The Morgan fingerprint density at radius 2 is 2.22 bits per heavy atom. The minimum atomic E-state index is 0.217. The van der Waals surface area contributed by atoms with E-state index in [2.05, 4.69) is 31.0 Å². The lowest BCUT2D eigenvalue weighted by molar-refractivity contribution is 0.0511. The lowest BCUT2D eigenvalue weighted by Crippen LogP contribution is -2.41. The highest BCUT2D eigenvalue weighted by Crippen LogP contribution is 2.09. The minimum Gasteiger partial charge on any atom is -0.395 e. The summed E-state index contributed by atoms with van der Waals surface area (Å²) < 4.78 is 5.77. The maximum absolute atomic E-state index is 9.35. The van der Waals surface area contributed by atoms with Crippen LogP contribution in [0.3, 0.4) is 0 Å². The zero-order chi connectivity index (χ0) is 13.4. The first-order valence-electron chi connectivity index (χ1n) is 7.36. The van der Waals surface area contributed by atoms with Crippen LogP contribution in [0.25, 0.3) is 0 Å².